The Balaban J connectivity index is 2.04. The maximum Gasteiger partial charge on any atom is 0.323 e. The summed E-state index contributed by atoms with van der Waals surface area (Å²) in [4.78, 5) is 24.0. The van der Waals surface area contributed by atoms with E-state index >= 15 is 0 Å². The molecule has 106 valence electrons. The van der Waals surface area contributed by atoms with Crippen LogP contribution in [0.3, 0.4) is 0 Å². The Hall–Kier alpha value is -2.50. The molecule has 1 atom stereocenters. The molecular weight excluding hydrogens is 260 g/mol. The summed E-state index contributed by atoms with van der Waals surface area (Å²) in [6.45, 7) is 3.67. The third-order valence-corrected chi connectivity index (χ3v) is 2.96. The van der Waals surface area contributed by atoms with Gasteiger partial charge in [-0.1, -0.05) is 24.3 Å². The van der Waals surface area contributed by atoms with Crippen LogP contribution in [0.1, 0.15) is 11.6 Å². The van der Waals surface area contributed by atoms with Crippen molar-refractivity contribution in [3.05, 3.63) is 42.5 Å². The van der Waals surface area contributed by atoms with E-state index in [0.29, 0.717) is 6.61 Å². The summed E-state index contributed by atoms with van der Waals surface area (Å²) >= 11 is 0. The van der Waals surface area contributed by atoms with Crippen molar-refractivity contribution in [3.8, 4) is 5.75 Å². The van der Waals surface area contributed by atoms with Gasteiger partial charge in [-0.05, 0) is 6.07 Å². The van der Waals surface area contributed by atoms with E-state index in [1.165, 1.54) is 11.0 Å². The van der Waals surface area contributed by atoms with Crippen molar-refractivity contribution < 1.29 is 19.4 Å². The van der Waals surface area contributed by atoms with Crippen LogP contribution in [0.15, 0.2) is 36.9 Å². The average molecular weight is 276 g/mol. The maximum atomic E-state index is 12.1. The van der Waals surface area contributed by atoms with E-state index in [4.69, 9.17) is 9.84 Å². The fourth-order valence-electron chi connectivity index (χ4n) is 2.06. The summed E-state index contributed by atoms with van der Waals surface area (Å²) in [5, 5.41) is 11.6. The Morgan fingerprint density at radius 3 is 2.95 bits per heavy atom. The third-order valence-electron chi connectivity index (χ3n) is 2.96. The topological polar surface area (TPSA) is 78.9 Å². The Kier molecular flexibility index (Phi) is 4.24. The van der Waals surface area contributed by atoms with Crippen molar-refractivity contribution in [1.29, 1.82) is 0 Å². The van der Waals surface area contributed by atoms with E-state index < -0.39 is 12.0 Å². The molecule has 0 aliphatic carbocycles. The van der Waals surface area contributed by atoms with Gasteiger partial charge in [-0.2, -0.15) is 0 Å². The second kappa shape index (κ2) is 6.10. The average Bonchev–Trinajstić information content (AvgIpc) is 2.81. The smallest absolute Gasteiger partial charge is 0.323 e. The molecule has 1 aromatic rings. The molecule has 2 N–H and O–H groups in total. The summed E-state index contributed by atoms with van der Waals surface area (Å²) in [6, 6.07) is 6.73. The summed E-state index contributed by atoms with van der Waals surface area (Å²) in [5.74, 6) is -0.323. The number of hydrogen-bond donors (Lipinski definition) is 2. The normalized spacial score (nSPS) is 15.9. The van der Waals surface area contributed by atoms with Gasteiger partial charge in [0.1, 0.15) is 18.9 Å². The number of carboxylic acid groups (broad SMARTS) is 1. The van der Waals surface area contributed by atoms with E-state index in [1.807, 2.05) is 24.3 Å². The van der Waals surface area contributed by atoms with Crippen molar-refractivity contribution >= 4 is 12.0 Å². The van der Waals surface area contributed by atoms with Gasteiger partial charge in [-0.15, -0.1) is 6.58 Å². The van der Waals surface area contributed by atoms with Gasteiger partial charge in [-0.3, -0.25) is 4.79 Å². The van der Waals surface area contributed by atoms with E-state index in [9.17, 15) is 9.59 Å². The molecule has 0 fully saturated rings. The minimum absolute atomic E-state index is 0.174. The molecule has 6 heteroatoms. The molecule has 1 aromatic carbocycles. The second-order valence-electron chi connectivity index (χ2n) is 4.41. The quantitative estimate of drug-likeness (QED) is 0.797. The second-order valence-corrected chi connectivity index (χ2v) is 4.41. The molecule has 0 spiro atoms. The summed E-state index contributed by atoms with van der Waals surface area (Å²) < 4.78 is 5.46. The lowest BCUT2D eigenvalue weighted by Gasteiger charge is -2.21. The fourth-order valence-corrected chi connectivity index (χ4v) is 2.06. The highest BCUT2D eigenvalue weighted by Gasteiger charge is 2.27. The number of aliphatic carboxylic acids is 1. The van der Waals surface area contributed by atoms with Crippen molar-refractivity contribution in [2.75, 3.05) is 19.7 Å². The summed E-state index contributed by atoms with van der Waals surface area (Å²) in [5.41, 5.74) is 0.898. The van der Waals surface area contributed by atoms with Gasteiger partial charge in [0.15, 0.2) is 0 Å². The fraction of sp³-hybridized carbons (Fsp3) is 0.286. The first-order chi connectivity index (χ1) is 9.61. The maximum absolute atomic E-state index is 12.1. The first-order valence-electron chi connectivity index (χ1n) is 6.21. The molecular formula is C14H16N2O4. The first-order valence-corrected chi connectivity index (χ1v) is 6.21. The third kappa shape index (κ3) is 3.09. The number of urea groups is 1. The molecule has 2 rings (SSSR count). The van der Waals surface area contributed by atoms with Crippen molar-refractivity contribution in [2.45, 2.75) is 6.04 Å². The SMILES string of the molecule is C=CCN(CC(=O)O)C(=O)NC1COc2ccccc21. The van der Waals surface area contributed by atoms with Crippen molar-refractivity contribution in [3.63, 3.8) is 0 Å². The zero-order chi connectivity index (χ0) is 14.5. The molecule has 2 amide bonds. The molecule has 0 bridgehead atoms. The molecule has 1 heterocycles. The number of carbonyl (C=O) groups is 2. The van der Waals surface area contributed by atoms with Crippen LogP contribution >= 0.6 is 0 Å². The Morgan fingerprint density at radius 2 is 2.25 bits per heavy atom. The lowest BCUT2D eigenvalue weighted by atomic mass is 10.1. The molecule has 1 unspecified atom stereocenters. The van der Waals surface area contributed by atoms with E-state index in [1.54, 1.807) is 0 Å². The van der Waals surface area contributed by atoms with E-state index in [-0.39, 0.29) is 19.1 Å². The predicted octanol–water partition coefficient (Wildman–Crippen LogP) is 1.40. The highest BCUT2D eigenvalue weighted by atomic mass is 16.5. The number of rotatable bonds is 5. The number of fused-ring (bicyclic) bond motifs is 1. The van der Waals surface area contributed by atoms with E-state index in [0.717, 1.165) is 11.3 Å². The Labute approximate surface area is 116 Å². The standard InChI is InChI=1S/C14H16N2O4/c1-2-7-16(8-13(17)18)14(19)15-11-9-20-12-6-4-3-5-10(11)12/h2-6,11H,1,7-9H2,(H,15,19)(H,17,18). The number of carbonyl (C=O) groups excluding carboxylic acids is 1. The molecule has 6 nitrogen and oxygen atoms in total. The Bertz CT molecular complexity index is 530. The van der Waals surface area contributed by atoms with Gasteiger partial charge in [0.25, 0.3) is 0 Å². The number of amides is 2. The van der Waals surface area contributed by atoms with Gasteiger partial charge in [-0.25, -0.2) is 4.79 Å². The minimum Gasteiger partial charge on any atom is -0.491 e. The highest BCUT2D eigenvalue weighted by molar-refractivity contribution is 5.80. The largest absolute Gasteiger partial charge is 0.491 e. The number of ether oxygens (including phenoxy) is 1. The van der Waals surface area contributed by atoms with Crippen LogP contribution in [0, 0.1) is 0 Å². The summed E-state index contributed by atoms with van der Waals surface area (Å²) in [6.07, 6.45) is 1.49. The zero-order valence-electron chi connectivity index (χ0n) is 10.9. The lowest BCUT2D eigenvalue weighted by molar-refractivity contribution is -0.137. The lowest BCUT2D eigenvalue weighted by Crippen LogP contribution is -2.44. The van der Waals surface area contributed by atoms with Gasteiger partial charge < -0.3 is 20.1 Å². The number of hydrogen-bond acceptors (Lipinski definition) is 3. The Morgan fingerprint density at radius 1 is 1.50 bits per heavy atom. The van der Waals surface area contributed by atoms with E-state index in [2.05, 4.69) is 11.9 Å². The van der Waals surface area contributed by atoms with Crippen LogP contribution in [0.2, 0.25) is 0 Å². The first kappa shape index (κ1) is 13.9. The molecule has 0 radical (unpaired) electrons. The minimum atomic E-state index is -1.06. The molecule has 1 aliphatic heterocycles. The summed E-state index contributed by atoms with van der Waals surface area (Å²) in [7, 11) is 0. The molecule has 0 saturated heterocycles. The van der Waals surface area contributed by atoms with Crippen LogP contribution in [0.25, 0.3) is 0 Å². The molecule has 1 aliphatic rings. The van der Waals surface area contributed by atoms with Crippen LogP contribution in [-0.2, 0) is 4.79 Å². The van der Waals surface area contributed by atoms with Crippen LogP contribution in [0.4, 0.5) is 4.79 Å². The van der Waals surface area contributed by atoms with Gasteiger partial charge in [0, 0.05) is 12.1 Å². The monoisotopic (exact) mass is 276 g/mol. The number of nitrogens with zero attached hydrogens (tertiary/aromatic N) is 1. The zero-order valence-corrected chi connectivity index (χ0v) is 10.9. The van der Waals surface area contributed by atoms with Crippen molar-refractivity contribution in [1.82, 2.24) is 10.2 Å². The number of para-hydroxylation sites is 1. The van der Waals surface area contributed by atoms with Gasteiger partial charge >= 0.3 is 12.0 Å². The van der Waals surface area contributed by atoms with Gasteiger partial charge in [0.2, 0.25) is 0 Å². The highest BCUT2D eigenvalue weighted by Crippen LogP contribution is 2.31. The predicted molar refractivity (Wildman–Crippen MR) is 72.6 cm³/mol. The van der Waals surface area contributed by atoms with Crippen LogP contribution in [0.5, 0.6) is 5.75 Å². The van der Waals surface area contributed by atoms with Crippen LogP contribution in [-0.4, -0.2) is 41.7 Å². The number of nitrogens with one attached hydrogen (secondary N) is 1. The number of benzene rings is 1. The molecule has 0 aromatic heterocycles. The van der Waals surface area contributed by atoms with Crippen LogP contribution < -0.4 is 10.1 Å². The number of carboxylic acids is 1. The molecule has 20 heavy (non-hydrogen) atoms. The van der Waals surface area contributed by atoms with Crippen molar-refractivity contribution in [2.24, 2.45) is 0 Å². The molecule has 0 saturated carbocycles. The van der Waals surface area contributed by atoms with Gasteiger partial charge in [0.05, 0.1) is 6.04 Å².